The summed E-state index contributed by atoms with van der Waals surface area (Å²) in [5.74, 6) is -0.00647. The number of urea groups is 1. The van der Waals surface area contributed by atoms with Gasteiger partial charge in [0.15, 0.2) is 0 Å². The van der Waals surface area contributed by atoms with Crippen LogP contribution in [0.3, 0.4) is 0 Å². The average molecular weight is 363 g/mol. The number of halogens is 2. The van der Waals surface area contributed by atoms with E-state index >= 15 is 0 Å². The molecule has 0 atom stereocenters. The second-order valence-corrected chi connectivity index (χ2v) is 6.46. The van der Waals surface area contributed by atoms with Crippen molar-refractivity contribution in [2.75, 3.05) is 26.2 Å². The highest BCUT2D eigenvalue weighted by Crippen LogP contribution is 2.46. The predicted octanol–water partition coefficient (Wildman–Crippen LogP) is 3.73. The van der Waals surface area contributed by atoms with Gasteiger partial charge in [0, 0.05) is 18.5 Å². The Hall–Kier alpha value is -1.66. The monoisotopic (exact) mass is 362 g/mol. The van der Waals surface area contributed by atoms with Crippen LogP contribution in [0, 0.1) is 5.41 Å². The fraction of sp³-hybridized carbons (Fsp3) is 0.467. The molecule has 6 nitrogen and oxygen atoms in total. The third-order valence-corrected chi connectivity index (χ3v) is 3.77. The largest absolute Gasteiger partial charge is 0.495 e. The molecule has 1 aromatic rings. The summed E-state index contributed by atoms with van der Waals surface area (Å²) in [7, 11) is 4.23. The van der Waals surface area contributed by atoms with Crippen molar-refractivity contribution >= 4 is 40.8 Å². The van der Waals surface area contributed by atoms with Crippen LogP contribution in [-0.4, -0.2) is 33.2 Å². The van der Waals surface area contributed by atoms with E-state index in [9.17, 15) is 9.59 Å². The second-order valence-electron chi connectivity index (χ2n) is 5.70. The van der Waals surface area contributed by atoms with Gasteiger partial charge in [-0.25, -0.2) is 9.69 Å². The number of benzene rings is 1. The number of hydrogen-bond acceptors (Lipinski definition) is 4. The van der Waals surface area contributed by atoms with E-state index in [4.69, 9.17) is 32.7 Å². The van der Waals surface area contributed by atoms with Gasteiger partial charge in [0.1, 0.15) is 21.5 Å². The maximum absolute atomic E-state index is 12.7. The number of carbonyl (C=O) groups is 2. The van der Waals surface area contributed by atoms with Gasteiger partial charge in [-0.05, 0) is 0 Å². The topological polar surface area (TPSA) is 67.9 Å². The fourth-order valence-electron chi connectivity index (χ4n) is 1.81. The highest BCUT2D eigenvalue weighted by molar-refractivity contribution is 6.43. The lowest BCUT2D eigenvalue weighted by atomic mass is 9.94. The van der Waals surface area contributed by atoms with E-state index in [0.29, 0.717) is 0 Å². The Kier molecular flexibility index (Phi) is 6.13. The van der Waals surface area contributed by atoms with Gasteiger partial charge >= 0.3 is 6.03 Å². The summed E-state index contributed by atoms with van der Waals surface area (Å²) in [6.07, 6.45) is 0. The highest BCUT2D eigenvalue weighted by Gasteiger charge is 2.36. The molecule has 0 heterocycles. The van der Waals surface area contributed by atoms with Crippen molar-refractivity contribution in [3.63, 3.8) is 0 Å². The SMILES string of the molecule is CNC(=O)N(C(=O)C(C)(C)C)c1c(Cl)c(OC)cc(OC)c1Cl. The van der Waals surface area contributed by atoms with E-state index in [1.54, 1.807) is 20.8 Å². The molecule has 0 aliphatic carbocycles. The van der Waals surface area contributed by atoms with E-state index in [1.165, 1.54) is 27.3 Å². The molecular formula is C15H20Cl2N2O4. The Morgan fingerprint density at radius 1 is 1.09 bits per heavy atom. The number of nitrogens with zero attached hydrogens (tertiary/aromatic N) is 1. The van der Waals surface area contributed by atoms with Gasteiger partial charge in [0.25, 0.3) is 0 Å². The summed E-state index contributed by atoms with van der Waals surface area (Å²) in [5.41, 5.74) is -0.820. The molecule has 0 aliphatic rings. The van der Waals surface area contributed by atoms with E-state index in [-0.39, 0.29) is 27.2 Å². The number of nitrogens with one attached hydrogen (secondary N) is 1. The zero-order valence-corrected chi connectivity index (χ0v) is 15.4. The quantitative estimate of drug-likeness (QED) is 0.889. The van der Waals surface area contributed by atoms with Crippen molar-refractivity contribution in [2.45, 2.75) is 20.8 Å². The molecular weight excluding hydrogens is 343 g/mol. The number of amides is 3. The number of ether oxygens (including phenoxy) is 2. The first-order valence-electron chi connectivity index (χ1n) is 6.76. The summed E-state index contributed by atoms with van der Waals surface area (Å²) in [6, 6.07) is 0.821. The normalized spacial score (nSPS) is 11.0. The summed E-state index contributed by atoms with van der Waals surface area (Å²) in [6.45, 7) is 5.06. The van der Waals surface area contributed by atoms with Gasteiger partial charge in [-0.3, -0.25) is 4.79 Å². The summed E-state index contributed by atoms with van der Waals surface area (Å²) in [5, 5.41) is 2.50. The third kappa shape index (κ3) is 3.82. The van der Waals surface area contributed by atoms with Crippen LogP contribution in [-0.2, 0) is 4.79 Å². The Morgan fingerprint density at radius 2 is 1.52 bits per heavy atom. The molecule has 0 bridgehead atoms. The maximum atomic E-state index is 12.7. The minimum absolute atomic E-state index is 0.0174. The van der Waals surface area contributed by atoms with E-state index < -0.39 is 17.4 Å². The third-order valence-electron chi connectivity index (χ3n) is 3.04. The zero-order valence-electron chi connectivity index (χ0n) is 13.9. The number of carbonyl (C=O) groups excluding carboxylic acids is 2. The van der Waals surface area contributed by atoms with Crippen LogP contribution in [0.15, 0.2) is 6.07 Å². The minimum Gasteiger partial charge on any atom is -0.495 e. The van der Waals surface area contributed by atoms with E-state index in [2.05, 4.69) is 5.32 Å². The molecule has 0 fully saturated rings. The number of anilines is 1. The van der Waals surface area contributed by atoms with Gasteiger partial charge in [-0.1, -0.05) is 44.0 Å². The standard InChI is InChI=1S/C15H20Cl2N2O4/c1-15(2,3)13(20)19(14(21)18-4)12-10(16)8(22-5)7-9(23-6)11(12)17/h7H,1-6H3,(H,18,21). The second kappa shape index (κ2) is 7.27. The molecule has 128 valence electrons. The predicted molar refractivity (Wildman–Crippen MR) is 91.0 cm³/mol. The molecule has 0 aliphatic heterocycles. The molecule has 0 saturated heterocycles. The molecule has 0 aromatic heterocycles. The summed E-state index contributed by atoms with van der Waals surface area (Å²) < 4.78 is 10.3. The average Bonchev–Trinajstić information content (AvgIpc) is 2.49. The molecule has 3 amide bonds. The first-order valence-corrected chi connectivity index (χ1v) is 7.52. The van der Waals surface area contributed by atoms with Gasteiger partial charge < -0.3 is 14.8 Å². The lowest BCUT2D eigenvalue weighted by molar-refractivity contribution is -0.125. The van der Waals surface area contributed by atoms with Crippen molar-refractivity contribution in [3.05, 3.63) is 16.1 Å². The molecule has 0 spiro atoms. The first kappa shape index (κ1) is 19.4. The molecule has 1 N–H and O–H groups in total. The number of methoxy groups -OCH3 is 2. The Labute approximate surface area is 145 Å². The summed E-state index contributed by atoms with van der Waals surface area (Å²) >= 11 is 12.6. The van der Waals surface area contributed by atoms with Crippen LogP contribution in [0.25, 0.3) is 0 Å². The van der Waals surface area contributed by atoms with Crippen LogP contribution in [0.2, 0.25) is 10.0 Å². The molecule has 1 aromatic carbocycles. The van der Waals surface area contributed by atoms with Gasteiger partial charge in [-0.2, -0.15) is 0 Å². The molecule has 8 heteroatoms. The fourth-order valence-corrected chi connectivity index (χ4v) is 2.48. The molecule has 23 heavy (non-hydrogen) atoms. The van der Waals surface area contributed by atoms with Gasteiger partial charge in [0.05, 0.1) is 19.9 Å². The van der Waals surface area contributed by atoms with Crippen molar-refractivity contribution in [1.29, 1.82) is 0 Å². The van der Waals surface area contributed by atoms with E-state index in [1.807, 2.05) is 0 Å². The maximum Gasteiger partial charge on any atom is 0.328 e. The highest BCUT2D eigenvalue weighted by atomic mass is 35.5. The Balaban J connectivity index is 3.72. The number of hydrogen-bond donors (Lipinski definition) is 1. The van der Waals surface area contributed by atoms with Crippen molar-refractivity contribution in [2.24, 2.45) is 5.41 Å². The molecule has 0 unspecified atom stereocenters. The molecule has 0 radical (unpaired) electrons. The molecule has 1 rings (SSSR count). The summed E-state index contributed by atoms with van der Waals surface area (Å²) in [4.78, 5) is 25.9. The zero-order chi connectivity index (χ0) is 17.9. The van der Waals surface area contributed by atoms with Crippen molar-refractivity contribution in [1.82, 2.24) is 5.32 Å². The number of imide groups is 1. The van der Waals surface area contributed by atoms with Crippen LogP contribution in [0.1, 0.15) is 20.8 Å². The van der Waals surface area contributed by atoms with Crippen molar-refractivity contribution < 1.29 is 19.1 Å². The van der Waals surface area contributed by atoms with Gasteiger partial charge in [-0.15, -0.1) is 0 Å². The van der Waals surface area contributed by atoms with Crippen LogP contribution >= 0.6 is 23.2 Å². The van der Waals surface area contributed by atoms with Crippen LogP contribution < -0.4 is 19.7 Å². The van der Waals surface area contributed by atoms with E-state index in [0.717, 1.165) is 4.90 Å². The van der Waals surface area contributed by atoms with Crippen molar-refractivity contribution in [3.8, 4) is 11.5 Å². The van der Waals surface area contributed by atoms with Gasteiger partial charge in [0.2, 0.25) is 5.91 Å². The smallest absolute Gasteiger partial charge is 0.328 e. The van der Waals surface area contributed by atoms with Crippen LogP contribution in [0.5, 0.6) is 11.5 Å². The Morgan fingerprint density at radius 3 is 1.83 bits per heavy atom. The minimum atomic E-state index is -0.838. The lowest BCUT2D eigenvalue weighted by Gasteiger charge is -2.29. The number of rotatable bonds is 3. The first-order chi connectivity index (χ1) is 10.6. The lowest BCUT2D eigenvalue weighted by Crippen LogP contribution is -2.48. The van der Waals surface area contributed by atoms with Crippen LogP contribution in [0.4, 0.5) is 10.5 Å². The Bertz CT molecular complexity index is 599. The molecule has 0 saturated carbocycles.